The summed E-state index contributed by atoms with van der Waals surface area (Å²) in [5, 5.41) is 11.9. The lowest BCUT2D eigenvalue weighted by Gasteiger charge is -2.34. The Hall–Kier alpha value is -2.98. The van der Waals surface area contributed by atoms with E-state index in [0.29, 0.717) is 37.5 Å². The number of hydrogen-bond acceptors (Lipinski definition) is 4. The van der Waals surface area contributed by atoms with Crippen molar-refractivity contribution in [1.82, 2.24) is 9.80 Å². The van der Waals surface area contributed by atoms with E-state index in [-0.39, 0.29) is 17.9 Å². The molecule has 1 N–H and O–H groups in total. The molecular weight excluding hydrogens is 384 g/mol. The second kappa shape index (κ2) is 9.99. The van der Waals surface area contributed by atoms with Gasteiger partial charge in [0.1, 0.15) is 0 Å². The summed E-state index contributed by atoms with van der Waals surface area (Å²) in [5.41, 5.74) is 1.42. The van der Waals surface area contributed by atoms with Crippen molar-refractivity contribution in [3.8, 4) is 6.07 Å². The molecule has 1 fully saturated rings. The maximum Gasteiger partial charge on any atom is 0.321 e. The number of carbonyl (C=O) groups is 2. The predicted octanol–water partition coefficient (Wildman–Crippen LogP) is 3.93. The van der Waals surface area contributed by atoms with Crippen LogP contribution in [0.3, 0.4) is 0 Å². The van der Waals surface area contributed by atoms with Crippen LogP contribution in [0, 0.1) is 17.2 Å². The lowest BCUT2D eigenvalue weighted by molar-refractivity contribution is 0.0671. The van der Waals surface area contributed by atoms with E-state index in [1.54, 1.807) is 21.6 Å². The van der Waals surface area contributed by atoms with Gasteiger partial charge in [-0.3, -0.25) is 4.79 Å². The van der Waals surface area contributed by atoms with Gasteiger partial charge in [-0.1, -0.05) is 30.3 Å². The zero-order chi connectivity index (χ0) is 20.6. The van der Waals surface area contributed by atoms with Crippen molar-refractivity contribution in [1.29, 1.82) is 5.26 Å². The van der Waals surface area contributed by atoms with Gasteiger partial charge in [0.05, 0.1) is 17.7 Å². The van der Waals surface area contributed by atoms with Crippen LogP contribution in [0.4, 0.5) is 10.5 Å². The quantitative estimate of drug-likeness (QED) is 0.761. The van der Waals surface area contributed by atoms with E-state index >= 15 is 0 Å². The van der Waals surface area contributed by atoms with E-state index < -0.39 is 0 Å². The van der Waals surface area contributed by atoms with Gasteiger partial charge in [-0.2, -0.15) is 5.26 Å². The molecule has 1 atom stereocenters. The van der Waals surface area contributed by atoms with E-state index in [0.717, 1.165) is 10.6 Å². The fraction of sp³-hybridized carbons (Fsp3) is 0.318. The molecule has 6 nitrogen and oxygen atoms in total. The molecule has 2 aromatic rings. The van der Waals surface area contributed by atoms with Crippen LogP contribution < -0.4 is 5.32 Å². The van der Waals surface area contributed by atoms with Gasteiger partial charge in [0.2, 0.25) is 0 Å². The topological polar surface area (TPSA) is 76.4 Å². The minimum atomic E-state index is -0.168. The van der Waals surface area contributed by atoms with E-state index in [9.17, 15) is 9.59 Å². The van der Waals surface area contributed by atoms with Crippen molar-refractivity contribution in [2.45, 2.75) is 11.8 Å². The fourth-order valence-corrected chi connectivity index (χ4v) is 3.97. The molecule has 1 aliphatic rings. The summed E-state index contributed by atoms with van der Waals surface area (Å²) in [4.78, 5) is 29.7. The number of hydrogen-bond donors (Lipinski definition) is 1. The van der Waals surface area contributed by atoms with E-state index in [1.807, 2.05) is 61.5 Å². The molecule has 1 heterocycles. The van der Waals surface area contributed by atoms with Gasteiger partial charge in [0.15, 0.2) is 0 Å². The Balaban J connectivity index is 1.55. The standard InChI is InChI=1S/C22H24N4O2S/c1-17(15-23)16-29-20-10-6-5-9-19(20)24-22(28)26-13-11-25(12-14-26)21(27)18-7-3-2-4-8-18/h2-10,17H,11-14,16H2,1H3,(H,24,28). The van der Waals surface area contributed by atoms with Crippen LogP contribution in [-0.4, -0.2) is 53.7 Å². The largest absolute Gasteiger partial charge is 0.335 e. The number of rotatable bonds is 5. The molecule has 1 aliphatic heterocycles. The normalized spacial score (nSPS) is 14.8. The van der Waals surface area contributed by atoms with Crippen molar-refractivity contribution in [3.05, 3.63) is 60.2 Å². The van der Waals surface area contributed by atoms with Crippen LogP contribution in [0.2, 0.25) is 0 Å². The number of nitrogens with one attached hydrogen (secondary N) is 1. The summed E-state index contributed by atoms with van der Waals surface area (Å²) >= 11 is 1.56. The minimum absolute atomic E-state index is 0.000911. The van der Waals surface area contributed by atoms with Crippen LogP contribution in [0.15, 0.2) is 59.5 Å². The van der Waals surface area contributed by atoms with Gasteiger partial charge >= 0.3 is 6.03 Å². The third-order valence-corrected chi connectivity index (χ3v) is 6.05. The number of thioether (sulfide) groups is 1. The summed E-state index contributed by atoms with van der Waals surface area (Å²) in [6.45, 7) is 3.88. The Bertz CT molecular complexity index is 889. The number of urea groups is 1. The van der Waals surface area contributed by atoms with Crippen molar-refractivity contribution in [2.75, 3.05) is 37.2 Å². The molecule has 0 saturated carbocycles. The van der Waals surface area contributed by atoms with Crippen molar-refractivity contribution in [2.24, 2.45) is 5.92 Å². The predicted molar refractivity (Wildman–Crippen MR) is 115 cm³/mol. The lowest BCUT2D eigenvalue weighted by atomic mass is 10.2. The van der Waals surface area contributed by atoms with Crippen LogP contribution in [0.5, 0.6) is 0 Å². The maximum atomic E-state index is 12.7. The molecule has 0 spiro atoms. The summed E-state index contributed by atoms with van der Waals surface area (Å²) in [5.74, 6) is 0.613. The van der Waals surface area contributed by atoms with Gasteiger partial charge in [-0.25, -0.2) is 4.79 Å². The monoisotopic (exact) mass is 408 g/mol. The number of nitriles is 1. The molecule has 2 aromatic carbocycles. The molecule has 0 aliphatic carbocycles. The van der Waals surface area contributed by atoms with Crippen LogP contribution in [-0.2, 0) is 0 Å². The van der Waals surface area contributed by atoms with Gasteiger partial charge in [-0.05, 0) is 31.2 Å². The molecular formula is C22H24N4O2S. The zero-order valence-corrected chi connectivity index (χ0v) is 17.2. The number of carbonyl (C=O) groups excluding carboxylic acids is 2. The first-order valence-electron chi connectivity index (χ1n) is 9.60. The number of para-hydroxylation sites is 1. The van der Waals surface area contributed by atoms with Crippen molar-refractivity contribution < 1.29 is 9.59 Å². The van der Waals surface area contributed by atoms with Crippen molar-refractivity contribution >= 4 is 29.4 Å². The summed E-state index contributed by atoms with van der Waals surface area (Å²) in [6, 6.07) is 18.9. The Labute approximate surface area is 175 Å². The highest BCUT2D eigenvalue weighted by atomic mass is 32.2. The molecule has 29 heavy (non-hydrogen) atoms. The first-order valence-corrected chi connectivity index (χ1v) is 10.6. The maximum absolute atomic E-state index is 12.7. The van der Waals surface area contributed by atoms with Crippen LogP contribution in [0.25, 0.3) is 0 Å². The second-order valence-electron chi connectivity index (χ2n) is 6.91. The molecule has 1 unspecified atom stereocenters. The lowest BCUT2D eigenvalue weighted by Crippen LogP contribution is -2.51. The van der Waals surface area contributed by atoms with Crippen molar-refractivity contribution in [3.63, 3.8) is 0 Å². The van der Waals surface area contributed by atoms with Gasteiger partial charge in [-0.15, -0.1) is 11.8 Å². The molecule has 3 amide bonds. The Morgan fingerprint density at radius 1 is 1.03 bits per heavy atom. The van der Waals surface area contributed by atoms with E-state index in [4.69, 9.17) is 5.26 Å². The van der Waals surface area contributed by atoms with Gasteiger partial charge in [0, 0.05) is 42.4 Å². The number of amides is 3. The number of benzene rings is 2. The highest BCUT2D eigenvalue weighted by molar-refractivity contribution is 7.99. The van der Waals surface area contributed by atoms with E-state index in [2.05, 4.69) is 11.4 Å². The number of anilines is 1. The molecule has 0 bridgehead atoms. The SMILES string of the molecule is CC(C#N)CSc1ccccc1NC(=O)N1CCN(C(=O)c2ccccc2)CC1. The van der Waals surface area contributed by atoms with Crippen LogP contribution >= 0.6 is 11.8 Å². The fourth-order valence-electron chi connectivity index (χ4n) is 3.02. The molecule has 1 saturated heterocycles. The molecule has 3 rings (SSSR count). The molecule has 150 valence electrons. The number of piperazine rings is 1. The Morgan fingerprint density at radius 2 is 1.66 bits per heavy atom. The molecule has 7 heteroatoms. The Morgan fingerprint density at radius 3 is 2.34 bits per heavy atom. The number of nitrogens with zero attached hydrogens (tertiary/aromatic N) is 3. The minimum Gasteiger partial charge on any atom is -0.335 e. The third-order valence-electron chi connectivity index (χ3n) is 4.71. The van der Waals surface area contributed by atoms with E-state index in [1.165, 1.54) is 0 Å². The average Bonchev–Trinajstić information content (AvgIpc) is 2.78. The zero-order valence-electron chi connectivity index (χ0n) is 16.4. The first kappa shape index (κ1) is 20.7. The second-order valence-corrected chi connectivity index (χ2v) is 7.97. The van der Waals surface area contributed by atoms with Gasteiger partial charge < -0.3 is 15.1 Å². The van der Waals surface area contributed by atoms with Gasteiger partial charge in [0.25, 0.3) is 5.91 Å². The summed E-state index contributed by atoms with van der Waals surface area (Å²) in [7, 11) is 0. The highest BCUT2D eigenvalue weighted by Crippen LogP contribution is 2.28. The smallest absolute Gasteiger partial charge is 0.321 e. The third kappa shape index (κ3) is 5.52. The molecule has 0 aromatic heterocycles. The van der Waals surface area contributed by atoms with Crippen LogP contribution in [0.1, 0.15) is 17.3 Å². The first-order chi connectivity index (χ1) is 14.1. The average molecular weight is 409 g/mol. The molecule has 0 radical (unpaired) electrons. The Kier molecular flexibility index (Phi) is 7.14. The summed E-state index contributed by atoms with van der Waals surface area (Å²) < 4.78 is 0. The summed E-state index contributed by atoms with van der Waals surface area (Å²) in [6.07, 6.45) is 0. The highest BCUT2D eigenvalue weighted by Gasteiger charge is 2.25.